The van der Waals surface area contributed by atoms with Gasteiger partial charge < -0.3 is 10.3 Å². The molecule has 1 aromatic heterocycles. The Balaban J connectivity index is 1.67. The van der Waals surface area contributed by atoms with Gasteiger partial charge in [0.15, 0.2) is 0 Å². The molecule has 1 saturated heterocycles. The SMILES string of the molecule is O=c1[nH]ccc2c1CN(CC1CCCNC1)CC2. The molecule has 18 heavy (non-hydrogen) atoms. The lowest BCUT2D eigenvalue weighted by molar-refractivity contribution is 0.193. The zero-order valence-electron chi connectivity index (χ0n) is 10.7. The van der Waals surface area contributed by atoms with E-state index in [0.717, 1.165) is 44.1 Å². The number of pyridine rings is 1. The van der Waals surface area contributed by atoms with E-state index in [4.69, 9.17) is 0 Å². The zero-order chi connectivity index (χ0) is 12.4. The molecule has 98 valence electrons. The number of hydrogen-bond acceptors (Lipinski definition) is 3. The van der Waals surface area contributed by atoms with Crippen molar-refractivity contribution in [3.8, 4) is 0 Å². The molecule has 0 spiro atoms. The van der Waals surface area contributed by atoms with Crippen LogP contribution in [0.4, 0.5) is 0 Å². The lowest BCUT2D eigenvalue weighted by atomic mass is 9.96. The average molecular weight is 247 g/mol. The summed E-state index contributed by atoms with van der Waals surface area (Å²) in [5.74, 6) is 0.753. The van der Waals surface area contributed by atoms with E-state index in [9.17, 15) is 4.79 Å². The quantitative estimate of drug-likeness (QED) is 0.810. The summed E-state index contributed by atoms with van der Waals surface area (Å²) in [6, 6.07) is 2.05. The number of nitrogens with zero attached hydrogens (tertiary/aromatic N) is 1. The normalized spacial score (nSPS) is 24.8. The van der Waals surface area contributed by atoms with Crippen LogP contribution in [-0.2, 0) is 13.0 Å². The van der Waals surface area contributed by atoms with Gasteiger partial charge in [-0.05, 0) is 49.9 Å². The second-order valence-corrected chi connectivity index (χ2v) is 5.51. The Labute approximate surface area is 107 Å². The third kappa shape index (κ3) is 2.49. The molecule has 4 heteroatoms. The molecule has 1 atom stereocenters. The summed E-state index contributed by atoms with van der Waals surface area (Å²) in [6.45, 7) is 5.34. The van der Waals surface area contributed by atoms with Crippen LogP contribution < -0.4 is 10.9 Å². The van der Waals surface area contributed by atoms with Crippen molar-refractivity contribution in [2.75, 3.05) is 26.2 Å². The van der Waals surface area contributed by atoms with Crippen LogP contribution in [0.2, 0.25) is 0 Å². The number of nitrogens with one attached hydrogen (secondary N) is 2. The molecule has 0 bridgehead atoms. The highest BCUT2D eigenvalue weighted by molar-refractivity contribution is 5.25. The van der Waals surface area contributed by atoms with Gasteiger partial charge in [-0.15, -0.1) is 0 Å². The van der Waals surface area contributed by atoms with E-state index in [2.05, 4.69) is 21.3 Å². The monoisotopic (exact) mass is 247 g/mol. The van der Waals surface area contributed by atoms with E-state index in [0.29, 0.717) is 0 Å². The van der Waals surface area contributed by atoms with Crippen LogP contribution >= 0.6 is 0 Å². The molecule has 0 radical (unpaired) electrons. The Kier molecular flexibility index (Phi) is 3.48. The van der Waals surface area contributed by atoms with Crippen molar-refractivity contribution >= 4 is 0 Å². The Morgan fingerprint density at radius 3 is 3.22 bits per heavy atom. The van der Waals surface area contributed by atoms with E-state index < -0.39 is 0 Å². The Bertz CT molecular complexity index is 462. The molecule has 1 fully saturated rings. The largest absolute Gasteiger partial charge is 0.329 e. The third-order valence-electron chi connectivity index (χ3n) is 4.16. The van der Waals surface area contributed by atoms with Gasteiger partial charge in [-0.25, -0.2) is 0 Å². The summed E-state index contributed by atoms with van der Waals surface area (Å²) < 4.78 is 0. The zero-order valence-corrected chi connectivity index (χ0v) is 10.7. The van der Waals surface area contributed by atoms with Crippen molar-refractivity contribution in [1.82, 2.24) is 15.2 Å². The second kappa shape index (κ2) is 5.24. The first-order chi connectivity index (χ1) is 8.83. The lowest BCUT2D eigenvalue weighted by Gasteiger charge is -2.33. The van der Waals surface area contributed by atoms with Gasteiger partial charge in [-0.1, -0.05) is 0 Å². The lowest BCUT2D eigenvalue weighted by Crippen LogP contribution is -2.41. The van der Waals surface area contributed by atoms with Gasteiger partial charge in [-0.2, -0.15) is 0 Å². The smallest absolute Gasteiger partial charge is 0.252 e. The number of piperidine rings is 1. The summed E-state index contributed by atoms with van der Waals surface area (Å²) in [5, 5.41) is 3.46. The number of H-pyrrole nitrogens is 1. The van der Waals surface area contributed by atoms with E-state index in [1.165, 1.54) is 24.9 Å². The van der Waals surface area contributed by atoms with Crippen molar-refractivity contribution < 1.29 is 0 Å². The van der Waals surface area contributed by atoms with Gasteiger partial charge in [-0.3, -0.25) is 9.69 Å². The van der Waals surface area contributed by atoms with Crippen molar-refractivity contribution in [3.63, 3.8) is 0 Å². The van der Waals surface area contributed by atoms with Crippen LogP contribution in [0.5, 0.6) is 0 Å². The first-order valence-electron chi connectivity index (χ1n) is 6.95. The molecule has 0 aliphatic carbocycles. The highest BCUT2D eigenvalue weighted by Gasteiger charge is 2.22. The standard InChI is InChI=1S/C14H21N3O/c18-14-13-10-17(7-4-12(13)3-6-16-14)9-11-2-1-5-15-8-11/h3,6,11,15H,1-2,4-5,7-10H2,(H,16,18). The molecule has 2 aliphatic rings. The van der Waals surface area contributed by atoms with E-state index in [1.807, 2.05) is 0 Å². The summed E-state index contributed by atoms with van der Waals surface area (Å²) in [6.07, 6.45) is 5.39. The van der Waals surface area contributed by atoms with Gasteiger partial charge in [0.05, 0.1) is 0 Å². The fraction of sp³-hybridized carbons (Fsp3) is 0.643. The van der Waals surface area contributed by atoms with Crippen LogP contribution in [0.1, 0.15) is 24.0 Å². The molecule has 4 nitrogen and oxygen atoms in total. The van der Waals surface area contributed by atoms with Crippen LogP contribution in [0.25, 0.3) is 0 Å². The van der Waals surface area contributed by atoms with Crippen LogP contribution in [-0.4, -0.2) is 36.1 Å². The predicted molar refractivity (Wildman–Crippen MR) is 71.6 cm³/mol. The highest BCUT2D eigenvalue weighted by Crippen LogP contribution is 2.18. The number of hydrogen-bond donors (Lipinski definition) is 2. The van der Waals surface area contributed by atoms with Gasteiger partial charge in [0.1, 0.15) is 0 Å². The molecule has 1 aromatic rings. The Hall–Kier alpha value is -1.13. The van der Waals surface area contributed by atoms with Crippen LogP contribution in [0.15, 0.2) is 17.1 Å². The summed E-state index contributed by atoms with van der Waals surface area (Å²) in [5.41, 5.74) is 2.31. The van der Waals surface area contributed by atoms with Crippen molar-refractivity contribution in [2.45, 2.75) is 25.8 Å². The molecule has 0 amide bonds. The molecule has 2 aliphatic heterocycles. The maximum Gasteiger partial charge on any atom is 0.252 e. The third-order valence-corrected chi connectivity index (χ3v) is 4.16. The van der Waals surface area contributed by atoms with E-state index in [1.54, 1.807) is 6.20 Å². The van der Waals surface area contributed by atoms with Gasteiger partial charge >= 0.3 is 0 Å². The first kappa shape index (κ1) is 11.9. The van der Waals surface area contributed by atoms with Crippen molar-refractivity contribution in [3.05, 3.63) is 33.7 Å². The predicted octanol–water partition coefficient (Wildman–Crippen LogP) is 0.733. The molecule has 1 unspecified atom stereocenters. The topological polar surface area (TPSA) is 48.1 Å². The van der Waals surface area contributed by atoms with E-state index in [-0.39, 0.29) is 5.56 Å². The molecule has 0 saturated carbocycles. The first-order valence-corrected chi connectivity index (χ1v) is 6.95. The Morgan fingerprint density at radius 1 is 1.44 bits per heavy atom. The summed E-state index contributed by atoms with van der Waals surface area (Å²) >= 11 is 0. The van der Waals surface area contributed by atoms with Crippen molar-refractivity contribution in [1.29, 1.82) is 0 Å². The molecule has 3 heterocycles. The minimum atomic E-state index is 0.0963. The van der Waals surface area contributed by atoms with Crippen LogP contribution in [0, 0.1) is 5.92 Å². The van der Waals surface area contributed by atoms with Gasteiger partial charge in [0, 0.05) is 31.4 Å². The Morgan fingerprint density at radius 2 is 2.39 bits per heavy atom. The summed E-state index contributed by atoms with van der Waals surface area (Å²) in [4.78, 5) is 17.0. The van der Waals surface area contributed by atoms with E-state index >= 15 is 0 Å². The maximum absolute atomic E-state index is 11.8. The molecule has 2 N–H and O–H groups in total. The summed E-state index contributed by atoms with van der Waals surface area (Å²) in [7, 11) is 0. The number of rotatable bonds is 2. The fourth-order valence-electron chi connectivity index (χ4n) is 3.14. The molecule has 0 aromatic carbocycles. The molecular formula is C14H21N3O. The fourth-order valence-corrected chi connectivity index (χ4v) is 3.14. The highest BCUT2D eigenvalue weighted by atomic mass is 16.1. The van der Waals surface area contributed by atoms with Crippen LogP contribution in [0.3, 0.4) is 0 Å². The number of aromatic amines is 1. The average Bonchev–Trinajstić information content (AvgIpc) is 2.41. The van der Waals surface area contributed by atoms with Gasteiger partial charge in [0.25, 0.3) is 5.56 Å². The second-order valence-electron chi connectivity index (χ2n) is 5.51. The van der Waals surface area contributed by atoms with Gasteiger partial charge in [0.2, 0.25) is 0 Å². The number of fused-ring (bicyclic) bond motifs is 1. The van der Waals surface area contributed by atoms with Crippen molar-refractivity contribution in [2.24, 2.45) is 5.92 Å². The molecule has 3 rings (SSSR count). The minimum Gasteiger partial charge on any atom is -0.329 e. The number of aromatic nitrogens is 1. The maximum atomic E-state index is 11.8. The molecular weight excluding hydrogens is 226 g/mol. The minimum absolute atomic E-state index is 0.0963.